The number of allylic oxidation sites excluding steroid dienone is 4. The molecule has 4 heteroatoms. The van der Waals surface area contributed by atoms with Crippen LogP contribution in [0.4, 0.5) is 0 Å². The summed E-state index contributed by atoms with van der Waals surface area (Å²) >= 11 is 0. The van der Waals surface area contributed by atoms with Crippen molar-refractivity contribution in [3.8, 4) is 23.6 Å². The highest BCUT2D eigenvalue weighted by Gasteiger charge is 2.18. The second kappa shape index (κ2) is 6.56. The second-order valence-electron chi connectivity index (χ2n) is 5.06. The Morgan fingerprint density at radius 2 is 1.67 bits per heavy atom. The van der Waals surface area contributed by atoms with Crippen LogP contribution in [0.2, 0.25) is 0 Å². The van der Waals surface area contributed by atoms with Crippen LogP contribution < -0.4 is 9.84 Å². The molecule has 1 heterocycles. The molecule has 0 spiro atoms. The number of para-hydroxylation sites is 1. The van der Waals surface area contributed by atoms with Gasteiger partial charge in [-0.25, -0.2) is 0 Å². The second-order valence-corrected chi connectivity index (χ2v) is 5.06. The van der Waals surface area contributed by atoms with Gasteiger partial charge in [-0.2, -0.15) is 10.5 Å². The van der Waals surface area contributed by atoms with Gasteiger partial charge in [0.1, 0.15) is 29.2 Å². The van der Waals surface area contributed by atoms with Gasteiger partial charge in [0, 0.05) is 11.1 Å². The topological polar surface area (TPSA) is 79.9 Å². The van der Waals surface area contributed by atoms with Gasteiger partial charge in [-0.1, -0.05) is 48.5 Å². The minimum Gasteiger partial charge on any atom is -0.872 e. The zero-order valence-electron chi connectivity index (χ0n) is 12.6. The molecule has 0 radical (unpaired) electrons. The Morgan fingerprint density at radius 1 is 0.958 bits per heavy atom. The van der Waals surface area contributed by atoms with E-state index in [4.69, 9.17) is 4.74 Å². The highest BCUT2D eigenvalue weighted by atomic mass is 16.5. The summed E-state index contributed by atoms with van der Waals surface area (Å²) in [6.07, 6.45) is 5.21. The maximum atomic E-state index is 11.1. The maximum absolute atomic E-state index is 11.1. The van der Waals surface area contributed by atoms with Crippen molar-refractivity contribution in [2.75, 3.05) is 0 Å². The molecule has 0 bridgehead atoms. The Morgan fingerprint density at radius 3 is 2.38 bits per heavy atom. The van der Waals surface area contributed by atoms with E-state index in [0.29, 0.717) is 22.6 Å². The Kier molecular flexibility index (Phi) is 4.14. The van der Waals surface area contributed by atoms with Crippen LogP contribution >= 0.6 is 0 Å². The first-order chi connectivity index (χ1) is 11.7. The fraction of sp³-hybridized carbons (Fsp3) is 0. The van der Waals surface area contributed by atoms with Crippen molar-refractivity contribution < 1.29 is 9.84 Å². The standard InChI is InChI=1S/C20H12N2O2/c21-12-15(13-22)19-11-17(24-20-4-2-1-3-18(19)20)10-7-14-5-8-16(23)9-6-14/h1-11,23H/p-1/b10-7+. The summed E-state index contributed by atoms with van der Waals surface area (Å²) in [6.45, 7) is 0. The van der Waals surface area contributed by atoms with Gasteiger partial charge in [-0.15, -0.1) is 5.75 Å². The molecular formula is C20H11N2O2-. The van der Waals surface area contributed by atoms with Crippen LogP contribution in [0, 0.1) is 22.7 Å². The largest absolute Gasteiger partial charge is 0.872 e. The molecule has 0 saturated heterocycles. The average molecular weight is 311 g/mol. The summed E-state index contributed by atoms with van der Waals surface area (Å²) in [5.41, 5.74) is 2.14. The lowest BCUT2D eigenvalue weighted by atomic mass is 9.97. The highest BCUT2D eigenvalue weighted by molar-refractivity contribution is 5.87. The van der Waals surface area contributed by atoms with Crippen molar-refractivity contribution in [3.05, 3.63) is 83.1 Å². The van der Waals surface area contributed by atoms with Gasteiger partial charge in [-0.3, -0.25) is 0 Å². The van der Waals surface area contributed by atoms with Crippen LogP contribution in [0.1, 0.15) is 11.1 Å². The lowest BCUT2D eigenvalue weighted by Crippen LogP contribution is -2.03. The minimum atomic E-state index is -0.0490. The number of hydrogen-bond donors (Lipinski definition) is 0. The number of rotatable bonds is 2. The molecular weight excluding hydrogens is 300 g/mol. The van der Waals surface area contributed by atoms with Crippen molar-refractivity contribution in [2.24, 2.45) is 0 Å². The molecule has 0 aromatic heterocycles. The summed E-state index contributed by atoms with van der Waals surface area (Å²) in [5.74, 6) is 1.05. The van der Waals surface area contributed by atoms with Gasteiger partial charge < -0.3 is 9.84 Å². The van der Waals surface area contributed by atoms with Crippen molar-refractivity contribution in [3.63, 3.8) is 0 Å². The molecule has 4 nitrogen and oxygen atoms in total. The summed E-state index contributed by atoms with van der Waals surface area (Å²) in [5, 5.41) is 29.5. The predicted octanol–water partition coefficient (Wildman–Crippen LogP) is 3.55. The van der Waals surface area contributed by atoms with E-state index in [1.165, 1.54) is 12.1 Å². The van der Waals surface area contributed by atoms with Crippen molar-refractivity contribution in [1.82, 2.24) is 0 Å². The van der Waals surface area contributed by atoms with E-state index in [-0.39, 0.29) is 11.3 Å². The monoisotopic (exact) mass is 311 g/mol. The summed E-state index contributed by atoms with van der Waals surface area (Å²) in [7, 11) is 0. The molecule has 0 atom stereocenters. The number of nitriles is 2. The molecule has 0 N–H and O–H groups in total. The van der Waals surface area contributed by atoms with Crippen molar-refractivity contribution >= 4 is 11.6 Å². The van der Waals surface area contributed by atoms with E-state index in [1.807, 2.05) is 30.3 Å². The molecule has 2 aromatic carbocycles. The van der Waals surface area contributed by atoms with Crippen LogP contribution in [0.5, 0.6) is 11.5 Å². The number of nitrogens with zero attached hydrogens (tertiary/aromatic N) is 2. The predicted molar refractivity (Wildman–Crippen MR) is 88.2 cm³/mol. The molecule has 24 heavy (non-hydrogen) atoms. The molecule has 0 saturated carbocycles. The van der Waals surface area contributed by atoms with E-state index < -0.39 is 0 Å². The third-order valence-electron chi connectivity index (χ3n) is 3.50. The third-order valence-corrected chi connectivity index (χ3v) is 3.50. The molecule has 1 aliphatic heterocycles. The maximum Gasteiger partial charge on any atom is 0.137 e. The molecule has 3 rings (SSSR count). The van der Waals surface area contributed by atoms with E-state index in [9.17, 15) is 15.6 Å². The first kappa shape index (κ1) is 15.1. The lowest BCUT2D eigenvalue weighted by Gasteiger charge is -2.18. The molecule has 1 aliphatic rings. The summed E-state index contributed by atoms with van der Waals surface area (Å²) < 4.78 is 5.81. The van der Waals surface area contributed by atoms with E-state index in [1.54, 1.807) is 36.4 Å². The quantitative estimate of drug-likeness (QED) is 0.794. The normalized spacial score (nSPS) is 12.6. The fourth-order valence-corrected chi connectivity index (χ4v) is 2.35. The zero-order chi connectivity index (χ0) is 16.9. The molecule has 2 aromatic rings. The summed E-state index contributed by atoms with van der Waals surface area (Å²) in [6, 6.07) is 17.5. The van der Waals surface area contributed by atoms with Crippen LogP contribution in [0.15, 0.2) is 72.0 Å². The molecule has 0 aliphatic carbocycles. The zero-order valence-corrected chi connectivity index (χ0v) is 12.6. The first-order valence-electron chi connectivity index (χ1n) is 7.20. The Bertz CT molecular complexity index is 936. The van der Waals surface area contributed by atoms with Gasteiger partial charge in [0.25, 0.3) is 0 Å². The summed E-state index contributed by atoms with van der Waals surface area (Å²) in [4.78, 5) is 0. The molecule has 0 unspecified atom stereocenters. The van der Waals surface area contributed by atoms with Crippen LogP contribution in [0.3, 0.4) is 0 Å². The Labute approximate surface area is 139 Å². The van der Waals surface area contributed by atoms with Crippen LogP contribution in [-0.2, 0) is 0 Å². The molecule has 114 valence electrons. The molecule has 0 amide bonds. The van der Waals surface area contributed by atoms with E-state index in [2.05, 4.69) is 0 Å². The van der Waals surface area contributed by atoms with E-state index >= 15 is 0 Å². The van der Waals surface area contributed by atoms with Gasteiger partial charge in [0.05, 0.1) is 0 Å². The number of hydrogen-bond acceptors (Lipinski definition) is 4. The van der Waals surface area contributed by atoms with Gasteiger partial charge in [-0.05, 0) is 23.8 Å². The van der Waals surface area contributed by atoms with Crippen molar-refractivity contribution in [1.29, 1.82) is 10.5 Å². The average Bonchev–Trinajstić information content (AvgIpc) is 2.62. The van der Waals surface area contributed by atoms with E-state index in [0.717, 1.165) is 5.56 Å². The third kappa shape index (κ3) is 3.04. The fourth-order valence-electron chi connectivity index (χ4n) is 2.35. The number of fused-ring (bicyclic) bond motifs is 1. The van der Waals surface area contributed by atoms with Gasteiger partial charge >= 0.3 is 0 Å². The molecule has 0 fully saturated rings. The number of ether oxygens (including phenoxy) is 1. The van der Waals surface area contributed by atoms with Crippen molar-refractivity contribution in [2.45, 2.75) is 0 Å². The van der Waals surface area contributed by atoms with Crippen LogP contribution in [-0.4, -0.2) is 0 Å². The Balaban J connectivity index is 2.01. The van der Waals surface area contributed by atoms with Gasteiger partial charge in [0.15, 0.2) is 0 Å². The van der Waals surface area contributed by atoms with Crippen LogP contribution in [0.25, 0.3) is 11.6 Å². The SMILES string of the molecule is N#CC(C#N)=C1C=C(/C=C/c2ccc([O-])cc2)Oc2ccccc21. The number of benzene rings is 2. The van der Waals surface area contributed by atoms with Gasteiger partial charge in [0.2, 0.25) is 0 Å². The minimum absolute atomic E-state index is 0.0346. The smallest absolute Gasteiger partial charge is 0.137 e. The Hall–Kier alpha value is -3.76. The lowest BCUT2D eigenvalue weighted by molar-refractivity contribution is -0.268. The first-order valence-corrected chi connectivity index (χ1v) is 7.20. The highest BCUT2D eigenvalue weighted by Crippen LogP contribution is 2.35.